The van der Waals surface area contributed by atoms with Gasteiger partial charge in [0.15, 0.2) is 0 Å². The number of carbonyl (C=O) groups is 3. The maximum Gasteiger partial charge on any atom is 2.00 e. The van der Waals surface area contributed by atoms with Gasteiger partial charge in [0, 0.05) is 40.7 Å². The van der Waals surface area contributed by atoms with Crippen LogP contribution in [-0.4, -0.2) is 60.8 Å². The van der Waals surface area contributed by atoms with Crippen LogP contribution in [0.15, 0.2) is 0 Å². The maximum absolute atomic E-state index is 10.3. The Kier molecular flexibility index (Phi) is 78.3. The van der Waals surface area contributed by atoms with E-state index in [0.29, 0.717) is 6.42 Å². The Morgan fingerprint density at radius 3 is 0.532 bits per heavy atom. The first-order valence-electron chi connectivity index (χ1n) is 26.9. The summed E-state index contributed by atoms with van der Waals surface area (Å²) < 4.78 is 0. The van der Waals surface area contributed by atoms with Crippen LogP contribution in [0.5, 0.6) is 0 Å². The number of rotatable bonds is 48. The third kappa shape index (κ3) is 80.7. The fraction of sp³-hybridized carbons (Fsp3) is 0.944. The fourth-order valence-corrected chi connectivity index (χ4v) is 7.93. The largest absolute Gasteiger partial charge is 2.00 e. The molecule has 0 atom stereocenters. The molecular weight excluding hydrogens is 893 g/mol. The van der Waals surface area contributed by atoms with Crippen LogP contribution >= 0.6 is 0 Å². The van der Waals surface area contributed by atoms with E-state index in [4.69, 9.17) is 5.11 Å². The van der Waals surface area contributed by atoms with Gasteiger partial charge in [-0.15, -0.1) is 0 Å². The molecule has 0 aliphatic heterocycles. The normalized spacial score (nSPS) is 10.5. The number of carboxylic acid groups (broad SMARTS) is 3. The van der Waals surface area contributed by atoms with Crippen LogP contribution in [0.3, 0.4) is 0 Å². The Bertz CT molecular complexity index is 724. The molecule has 0 aromatic carbocycles. The Balaban J connectivity index is -0.000000258. The first-order valence-corrected chi connectivity index (χ1v) is 26.9. The van der Waals surface area contributed by atoms with Gasteiger partial charge >= 0.3 is 43.7 Å². The molecule has 0 saturated heterocycles. The van der Waals surface area contributed by atoms with E-state index >= 15 is 0 Å². The molecule has 0 aromatic rings. The molecule has 62 heavy (non-hydrogen) atoms. The zero-order chi connectivity index (χ0) is 44.7. The topological polar surface area (TPSA) is 118 Å². The quantitative estimate of drug-likeness (QED) is 0.0479. The molecule has 0 saturated carbocycles. The van der Waals surface area contributed by atoms with Crippen LogP contribution in [0.1, 0.15) is 329 Å². The summed E-state index contributed by atoms with van der Waals surface area (Å²) in [5.74, 6) is -2.46. The Morgan fingerprint density at radius 2 is 0.403 bits per heavy atom. The summed E-state index contributed by atoms with van der Waals surface area (Å²) in [4.78, 5) is 30.8. The van der Waals surface area contributed by atoms with Crippen molar-refractivity contribution in [2.24, 2.45) is 0 Å². The SMILES string of the molecule is CCCCCCCCCCCCCCCCCC(=O)O.CCCCCCCCCCCCCCCCCC(=O)[O-].CCCCCCCCCCCCCCCCCC(=O)[O-].[Ag].[Ca+2]. The van der Waals surface area contributed by atoms with Crippen LogP contribution in [0.2, 0.25) is 0 Å². The van der Waals surface area contributed by atoms with Crippen LogP contribution < -0.4 is 10.2 Å². The Hall–Kier alpha value is 0.410. The molecule has 0 fully saturated rings. The summed E-state index contributed by atoms with van der Waals surface area (Å²) >= 11 is 0. The van der Waals surface area contributed by atoms with Crippen LogP contribution in [0.4, 0.5) is 0 Å². The summed E-state index contributed by atoms with van der Waals surface area (Å²) in [6.45, 7) is 6.80. The predicted molar refractivity (Wildman–Crippen MR) is 262 cm³/mol. The number of aliphatic carboxylic acids is 3. The van der Waals surface area contributed by atoms with Gasteiger partial charge in [0.1, 0.15) is 0 Å². The van der Waals surface area contributed by atoms with Gasteiger partial charge in [-0.3, -0.25) is 4.79 Å². The molecule has 0 aliphatic carbocycles. The van der Waals surface area contributed by atoms with Crippen molar-refractivity contribution in [1.29, 1.82) is 0 Å². The van der Waals surface area contributed by atoms with Crippen molar-refractivity contribution < 1.29 is 52.1 Å². The third-order valence-electron chi connectivity index (χ3n) is 12.0. The zero-order valence-electron chi connectivity index (χ0n) is 41.9. The number of carbonyl (C=O) groups excluding carboxylic acids is 2. The second-order valence-corrected chi connectivity index (χ2v) is 18.2. The third-order valence-corrected chi connectivity index (χ3v) is 12.0. The molecule has 0 rings (SSSR count). The number of unbranched alkanes of at least 4 members (excludes halogenated alkanes) is 42. The average Bonchev–Trinajstić information content (AvgIpc) is 3.22. The van der Waals surface area contributed by atoms with Crippen LogP contribution in [0.25, 0.3) is 0 Å². The molecule has 371 valence electrons. The average molecular weight is 999 g/mol. The van der Waals surface area contributed by atoms with Gasteiger partial charge in [0.2, 0.25) is 0 Å². The summed E-state index contributed by atoms with van der Waals surface area (Å²) in [7, 11) is 0. The first kappa shape index (κ1) is 71.4. The van der Waals surface area contributed by atoms with E-state index in [9.17, 15) is 24.6 Å². The predicted octanol–water partition coefficient (Wildman–Crippen LogP) is 15.9. The van der Waals surface area contributed by atoms with E-state index in [-0.39, 0.29) is 73.0 Å². The van der Waals surface area contributed by atoms with Gasteiger partial charge in [-0.2, -0.15) is 0 Å². The Morgan fingerprint density at radius 1 is 0.274 bits per heavy atom. The van der Waals surface area contributed by atoms with E-state index in [1.54, 1.807) is 0 Å². The molecule has 0 amide bonds. The summed E-state index contributed by atoms with van der Waals surface area (Å²) in [6, 6.07) is 0. The van der Waals surface area contributed by atoms with Gasteiger partial charge in [-0.1, -0.05) is 290 Å². The smallest absolute Gasteiger partial charge is 0.550 e. The van der Waals surface area contributed by atoms with Crippen LogP contribution in [-0.2, 0) is 36.8 Å². The van der Waals surface area contributed by atoms with E-state index < -0.39 is 17.9 Å². The zero-order valence-corrected chi connectivity index (χ0v) is 45.6. The van der Waals surface area contributed by atoms with E-state index in [0.717, 1.165) is 38.5 Å². The van der Waals surface area contributed by atoms with Gasteiger partial charge in [-0.05, 0) is 32.1 Å². The van der Waals surface area contributed by atoms with E-state index in [2.05, 4.69) is 20.8 Å². The molecule has 8 heteroatoms. The number of carboxylic acids is 3. The molecular formula is C54H106AgCaO6. The second-order valence-electron chi connectivity index (χ2n) is 18.2. The molecule has 0 unspecified atom stereocenters. The van der Waals surface area contributed by atoms with Crippen molar-refractivity contribution in [1.82, 2.24) is 0 Å². The van der Waals surface area contributed by atoms with Crippen molar-refractivity contribution in [3.63, 3.8) is 0 Å². The van der Waals surface area contributed by atoms with Crippen LogP contribution in [0, 0.1) is 0 Å². The minimum atomic E-state index is -0.903. The molecule has 6 nitrogen and oxygen atoms in total. The van der Waals surface area contributed by atoms with E-state index in [1.165, 1.54) is 250 Å². The van der Waals surface area contributed by atoms with Gasteiger partial charge in [0.05, 0.1) is 0 Å². The molecule has 0 spiro atoms. The minimum Gasteiger partial charge on any atom is -0.550 e. The summed E-state index contributed by atoms with van der Waals surface area (Å²) in [5.41, 5.74) is 0. The molecule has 0 aliphatic rings. The summed E-state index contributed by atoms with van der Waals surface area (Å²) in [5, 5.41) is 29.0. The first-order chi connectivity index (χ1) is 29.3. The second kappa shape index (κ2) is 68.0. The molecule has 0 bridgehead atoms. The monoisotopic (exact) mass is 998 g/mol. The molecule has 1 N–H and O–H groups in total. The maximum atomic E-state index is 10.3. The van der Waals surface area contributed by atoms with Crippen molar-refractivity contribution >= 4 is 55.6 Å². The van der Waals surface area contributed by atoms with Gasteiger partial charge < -0.3 is 24.9 Å². The van der Waals surface area contributed by atoms with Gasteiger partial charge in [0.25, 0.3) is 0 Å². The van der Waals surface area contributed by atoms with E-state index in [1.807, 2.05) is 0 Å². The summed E-state index contributed by atoms with van der Waals surface area (Å²) in [6.07, 6.45) is 59.9. The van der Waals surface area contributed by atoms with Gasteiger partial charge in [-0.25, -0.2) is 0 Å². The molecule has 1 radical (unpaired) electrons. The number of hydrogen-bond acceptors (Lipinski definition) is 5. The molecule has 0 heterocycles. The molecule has 0 aromatic heterocycles. The van der Waals surface area contributed by atoms with Crippen molar-refractivity contribution in [3.05, 3.63) is 0 Å². The van der Waals surface area contributed by atoms with Crippen molar-refractivity contribution in [2.45, 2.75) is 329 Å². The van der Waals surface area contributed by atoms with Crippen molar-refractivity contribution in [3.8, 4) is 0 Å². The van der Waals surface area contributed by atoms with Crippen molar-refractivity contribution in [2.75, 3.05) is 0 Å². The number of hydrogen-bond donors (Lipinski definition) is 1. The standard InChI is InChI=1S/3C18H36O2.Ag.Ca/c3*1-2-3-4-5-6-7-8-9-10-11-12-13-14-15-16-17-18(19)20;;/h3*2-17H2,1H3,(H,19,20);;/q;;;;+2/p-2. The Labute approximate surface area is 433 Å². The fourth-order valence-electron chi connectivity index (χ4n) is 7.93. The minimum absolute atomic E-state index is 0.